The number of imidazole rings is 1. The molecule has 27 heavy (non-hydrogen) atoms. The summed E-state index contributed by atoms with van der Waals surface area (Å²) in [5.74, 6) is 1.38. The second kappa shape index (κ2) is 7.77. The molecule has 0 N–H and O–H groups in total. The number of hydrogen-bond donors (Lipinski definition) is 0. The summed E-state index contributed by atoms with van der Waals surface area (Å²) in [6.45, 7) is 2.54. The fourth-order valence-electron chi connectivity index (χ4n) is 3.62. The predicted octanol–water partition coefficient (Wildman–Crippen LogP) is 2.47. The largest absolute Gasteiger partial charge is 0.468 e. The van der Waals surface area contributed by atoms with E-state index in [1.54, 1.807) is 12.5 Å². The number of hydrogen-bond acceptors (Lipinski definition) is 6. The van der Waals surface area contributed by atoms with Crippen LogP contribution in [0.1, 0.15) is 37.1 Å². The van der Waals surface area contributed by atoms with Crippen LogP contribution in [-0.4, -0.2) is 48.4 Å². The number of sulfone groups is 1. The molecule has 2 aromatic rings. The van der Waals surface area contributed by atoms with Gasteiger partial charge < -0.3 is 13.7 Å². The number of nitrogens with zero attached hydrogens (tertiary/aromatic N) is 3. The van der Waals surface area contributed by atoms with Gasteiger partial charge in [0.05, 0.1) is 43.1 Å². The van der Waals surface area contributed by atoms with Crippen molar-refractivity contribution in [3.05, 3.63) is 36.0 Å². The van der Waals surface area contributed by atoms with Crippen LogP contribution in [0.2, 0.25) is 0 Å². The van der Waals surface area contributed by atoms with Gasteiger partial charge in [0, 0.05) is 13.2 Å². The summed E-state index contributed by atoms with van der Waals surface area (Å²) in [7, 11) is -1.38. The SMILES string of the molecule is CN(Cc1ccco1)Cc1cnc(S(=O)(=O)CC2CC2)n1C[C@@H]1CCCO1. The quantitative estimate of drug-likeness (QED) is 0.651. The molecular formula is C19H27N3O4S. The lowest BCUT2D eigenvalue weighted by Crippen LogP contribution is -2.25. The van der Waals surface area contributed by atoms with Crippen LogP contribution in [0.3, 0.4) is 0 Å². The van der Waals surface area contributed by atoms with Gasteiger partial charge in [-0.1, -0.05) is 0 Å². The highest BCUT2D eigenvalue weighted by Gasteiger charge is 2.33. The third kappa shape index (κ3) is 4.62. The average Bonchev–Trinajstić information content (AvgIpc) is 3.05. The van der Waals surface area contributed by atoms with E-state index < -0.39 is 9.84 Å². The maximum atomic E-state index is 12.9. The van der Waals surface area contributed by atoms with Gasteiger partial charge in [0.2, 0.25) is 15.0 Å². The van der Waals surface area contributed by atoms with Crippen molar-refractivity contribution >= 4 is 9.84 Å². The summed E-state index contributed by atoms with van der Waals surface area (Å²) in [5.41, 5.74) is 0.897. The first-order chi connectivity index (χ1) is 13.0. The minimum atomic E-state index is -3.37. The molecule has 0 aromatic carbocycles. The van der Waals surface area contributed by atoms with Gasteiger partial charge in [-0.2, -0.15) is 0 Å². The Hall–Kier alpha value is -1.64. The van der Waals surface area contributed by atoms with Crippen LogP contribution in [0.5, 0.6) is 0 Å². The minimum Gasteiger partial charge on any atom is -0.468 e. The molecule has 4 rings (SSSR count). The Kier molecular flexibility index (Phi) is 5.39. The number of furan rings is 1. The molecule has 8 heteroatoms. The lowest BCUT2D eigenvalue weighted by atomic mass is 10.2. The molecule has 0 amide bonds. The molecule has 1 aliphatic heterocycles. The van der Waals surface area contributed by atoms with Crippen LogP contribution in [0.15, 0.2) is 34.2 Å². The molecule has 7 nitrogen and oxygen atoms in total. The smallest absolute Gasteiger partial charge is 0.227 e. The van der Waals surface area contributed by atoms with Gasteiger partial charge in [0.1, 0.15) is 5.76 Å². The van der Waals surface area contributed by atoms with Gasteiger partial charge in [-0.25, -0.2) is 13.4 Å². The van der Waals surface area contributed by atoms with Gasteiger partial charge >= 0.3 is 0 Å². The Morgan fingerprint density at radius 2 is 2.15 bits per heavy atom. The first-order valence-corrected chi connectivity index (χ1v) is 11.3. The second-order valence-corrected chi connectivity index (χ2v) is 9.68. The maximum Gasteiger partial charge on any atom is 0.227 e. The van der Waals surface area contributed by atoms with Crippen LogP contribution in [0.4, 0.5) is 0 Å². The van der Waals surface area contributed by atoms with Crippen LogP contribution in [-0.2, 0) is 34.2 Å². The average molecular weight is 394 g/mol. The molecule has 1 saturated carbocycles. The van der Waals surface area contributed by atoms with Crippen molar-refractivity contribution in [2.45, 2.75) is 56.6 Å². The molecular weight excluding hydrogens is 366 g/mol. The Morgan fingerprint density at radius 3 is 2.81 bits per heavy atom. The zero-order chi connectivity index (χ0) is 18.9. The van der Waals surface area contributed by atoms with E-state index in [2.05, 4.69) is 9.88 Å². The van der Waals surface area contributed by atoms with Crippen molar-refractivity contribution in [2.75, 3.05) is 19.4 Å². The summed E-state index contributed by atoms with van der Waals surface area (Å²) in [5, 5.41) is 0.200. The van der Waals surface area contributed by atoms with E-state index in [0.29, 0.717) is 25.6 Å². The van der Waals surface area contributed by atoms with Gasteiger partial charge in [0.25, 0.3) is 0 Å². The molecule has 2 aromatic heterocycles. The van der Waals surface area contributed by atoms with E-state index in [4.69, 9.17) is 9.15 Å². The van der Waals surface area contributed by atoms with E-state index >= 15 is 0 Å². The van der Waals surface area contributed by atoms with E-state index in [0.717, 1.165) is 43.7 Å². The summed E-state index contributed by atoms with van der Waals surface area (Å²) in [6, 6.07) is 3.80. The molecule has 1 atom stereocenters. The van der Waals surface area contributed by atoms with E-state index in [9.17, 15) is 8.42 Å². The molecule has 3 heterocycles. The van der Waals surface area contributed by atoms with Crippen LogP contribution >= 0.6 is 0 Å². The normalized spacial score (nSPS) is 20.6. The molecule has 2 aliphatic rings. The molecule has 0 bridgehead atoms. The van der Waals surface area contributed by atoms with Gasteiger partial charge in [-0.05, 0) is 50.8 Å². The molecule has 0 radical (unpaired) electrons. The zero-order valence-electron chi connectivity index (χ0n) is 15.7. The molecule has 1 saturated heterocycles. The Labute approximate surface area is 160 Å². The molecule has 0 spiro atoms. The van der Waals surface area contributed by atoms with Crippen molar-refractivity contribution in [1.82, 2.24) is 14.5 Å². The maximum absolute atomic E-state index is 12.9. The fraction of sp³-hybridized carbons (Fsp3) is 0.632. The molecule has 1 aliphatic carbocycles. The lowest BCUT2D eigenvalue weighted by molar-refractivity contribution is 0.0933. The van der Waals surface area contributed by atoms with Crippen molar-refractivity contribution in [1.29, 1.82) is 0 Å². The summed E-state index contributed by atoms with van der Waals surface area (Å²) in [4.78, 5) is 6.43. The highest BCUT2D eigenvalue weighted by molar-refractivity contribution is 7.91. The van der Waals surface area contributed by atoms with Gasteiger partial charge in [0.15, 0.2) is 0 Å². The predicted molar refractivity (Wildman–Crippen MR) is 99.9 cm³/mol. The van der Waals surface area contributed by atoms with Gasteiger partial charge in [-0.3, -0.25) is 4.90 Å². The third-order valence-electron chi connectivity index (χ3n) is 5.18. The zero-order valence-corrected chi connectivity index (χ0v) is 16.5. The van der Waals surface area contributed by atoms with E-state index in [1.807, 2.05) is 23.7 Å². The molecule has 148 valence electrons. The molecule has 2 fully saturated rings. The minimum absolute atomic E-state index is 0.0585. The summed E-state index contributed by atoms with van der Waals surface area (Å²) in [6.07, 6.45) is 7.41. The number of rotatable bonds is 9. The topological polar surface area (TPSA) is 77.6 Å². The van der Waals surface area contributed by atoms with Crippen LogP contribution in [0, 0.1) is 5.92 Å². The van der Waals surface area contributed by atoms with Crippen molar-refractivity contribution < 1.29 is 17.6 Å². The van der Waals surface area contributed by atoms with Crippen LogP contribution < -0.4 is 0 Å². The number of ether oxygens (including phenoxy) is 1. The first kappa shape index (κ1) is 18.7. The van der Waals surface area contributed by atoms with Crippen molar-refractivity contribution in [2.24, 2.45) is 5.92 Å². The summed E-state index contributed by atoms with van der Waals surface area (Å²) >= 11 is 0. The van der Waals surface area contributed by atoms with E-state index in [-0.39, 0.29) is 17.0 Å². The Balaban J connectivity index is 1.55. The standard InChI is InChI=1S/C19H27N3O4S/c1-21(12-17-4-2-8-25-17)11-16-10-20-19(27(23,24)14-15-6-7-15)22(16)13-18-5-3-9-26-18/h2,4,8,10,15,18H,3,5-7,9,11-14H2,1H3/t18-/m0/s1. The third-order valence-corrected chi connectivity index (χ3v) is 6.97. The monoisotopic (exact) mass is 393 g/mol. The fourth-order valence-corrected chi connectivity index (χ4v) is 5.47. The Morgan fingerprint density at radius 1 is 1.30 bits per heavy atom. The van der Waals surface area contributed by atoms with Crippen molar-refractivity contribution in [3.63, 3.8) is 0 Å². The summed E-state index contributed by atoms with van der Waals surface area (Å²) < 4.78 is 38.8. The van der Waals surface area contributed by atoms with Gasteiger partial charge in [-0.15, -0.1) is 0 Å². The van der Waals surface area contributed by atoms with Crippen molar-refractivity contribution in [3.8, 4) is 0 Å². The highest BCUT2D eigenvalue weighted by Crippen LogP contribution is 2.32. The Bertz CT molecular complexity index is 850. The second-order valence-electron chi connectivity index (χ2n) is 7.75. The molecule has 0 unspecified atom stereocenters. The highest BCUT2D eigenvalue weighted by atomic mass is 32.2. The lowest BCUT2D eigenvalue weighted by Gasteiger charge is -2.19. The first-order valence-electron chi connectivity index (χ1n) is 9.61. The number of aromatic nitrogens is 2. The van der Waals surface area contributed by atoms with E-state index in [1.165, 1.54) is 0 Å². The van der Waals surface area contributed by atoms with Crippen LogP contribution in [0.25, 0.3) is 0 Å².